The first-order valence-electron chi connectivity index (χ1n) is 11.1. The zero-order valence-corrected chi connectivity index (χ0v) is 20.5. The average molecular weight is 517 g/mol. The molecule has 0 bridgehead atoms. The van der Waals surface area contributed by atoms with Gasteiger partial charge in [0.25, 0.3) is 0 Å². The second-order valence-corrected chi connectivity index (χ2v) is 10.5. The van der Waals surface area contributed by atoms with E-state index in [0.29, 0.717) is 29.8 Å². The molecular weight excluding hydrogens is 488 g/mol. The van der Waals surface area contributed by atoms with Gasteiger partial charge in [0, 0.05) is 25.2 Å². The Morgan fingerprint density at radius 1 is 1.17 bits per heavy atom. The van der Waals surface area contributed by atoms with Crippen molar-refractivity contribution in [3.05, 3.63) is 52.5 Å². The van der Waals surface area contributed by atoms with Crippen LogP contribution in [0.4, 0.5) is 29.1 Å². The lowest BCUT2D eigenvalue weighted by atomic mass is 9.99. The van der Waals surface area contributed by atoms with E-state index in [2.05, 4.69) is 15.0 Å². The molecule has 1 saturated heterocycles. The maximum atomic E-state index is 14.3. The molecule has 1 aromatic carbocycles. The summed E-state index contributed by atoms with van der Waals surface area (Å²) >= 11 is 0. The van der Waals surface area contributed by atoms with Crippen LogP contribution in [0.3, 0.4) is 0 Å². The van der Waals surface area contributed by atoms with Crippen molar-refractivity contribution in [2.75, 3.05) is 29.0 Å². The fourth-order valence-electron chi connectivity index (χ4n) is 3.98. The number of aromatic nitrogens is 1. The third-order valence-electron chi connectivity index (χ3n) is 5.89. The first-order chi connectivity index (χ1) is 16.3. The average Bonchev–Trinajstić information content (AvgIpc) is 2.77. The van der Waals surface area contributed by atoms with Gasteiger partial charge in [-0.2, -0.15) is 13.2 Å². The number of nitrogens with one attached hydrogen (secondary N) is 2. The fourth-order valence-corrected chi connectivity index (χ4v) is 4.54. The predicted octanol–water partition coefficient (Wildman–Crippen LogP) is 4.33. The highest BCUT2D eigenvalue weighted by Gasteiger charge is 2.34. The van der Waals surface area contributed by atoms with Crippen molar-refractivity contribution >= 4 is 27.4 Å². The van der Waals surface area contributed by atoms with Crippen LogP contribution in [0.5, 0.6) is 0 Å². The number of rotatable bonds is 7. The quantitative estimate of drug-likeness (QED) is 0.535. The summed E-state index contributed by atoms with van der Waals surface area (Å²) in [5.74, 6) is -1.87. The van der Waals surface area contributed by atoms with E-state index in [1.54, 1.807) is 13.8 Å². The van der Waals surface area contributed by atoms with Gasteiger partial charge in [-0.25, -0.2) is 17.8 Å². The van der Waals surface area contributed by atoms with Gasteiger partial charge in [-0.1, -0.05) is 6.07 Å². The maximum absolute atomic E-state index is 14.3. The molecule has 35 heavy (non-hydrogen) atoms. The van der Waals surface area contributed by atoms with Crippen LogP contribution in [0.2, 0.25) is 0 Å². The molecule has 3 rings (SSSR count). The fraction of sp³-hybridized carbons (Fsp3) is 0.478. The standard InChI is InChI=1S/C23H28F4N4O3S/c1-14-11-20(23(25,26)27)29-21(31-9-5-4-6-10-31)17(14)13-28-22(32)15(2)16-7-8-19(18(24)12-16)30-35(3,33)34/h7-8,11-12,15,30H,4-6,9-10,13H2,1-3H3,(H,28,32). The van der Waals surface area contributed by atoms with Crippen LogP contribution < -0.4 is 14.9 Å². The first-order valence-corrected chi connectivity index (χ1v) is 13.0. The molecule has 2 heterocycles. The zero-order chi connectivity index (χ0) is 26.0. The van der Waals surface area contributed by atoms with Crippen LogP contribution in [0.25, 0.3) is 0 Å². The van der Waals surface area contributed by atoms with Crippen molar-refractivity contribution in [3.8, 4) is 0 Å². The van der Waals surface area contributed by atoms with Gasteiger partial charge in [-0.3, -0.25) is 9.52 Å². The van der Waals surface area contributed by atoms with Crippen molar-refractivity contribution in [2.45, 2.75) is 51.7 Å². The van der Waals surface area contributed by atoms with Gasteiger partial charge >= 0.3 is 6.18 Å². The molecule has 1 aliphatic heterocycles. The number of hydrogen-bond acceptors (Lipinski definition) is 5. The Hall–Kier alpha value is -2.89. The van der Waals surface area contributed by atoms with Crippen molar-refractivity contribution in [3.63, 3.8) is 0 Å². The smallest absolute Gasteiger partial charge is 0.356 e. The summed E-state index contributed by atoms with van der Waals surface area (Å²) in [7, 11) is -3.67. The molecule has 1 atom stereocenters. The number of piperidine rings is 1. The van der Waals surface area contributed by atoms with Gasteiger partial charge in [0.2, 0.25) is 15.9 Å². The van der Waals surface area contributed by atoms with E-state index in [9.17, 15) is 30.8 Å². The number of pyridine rings is 1. The van der Waals surface area contributed by atoms with E-state index < -0.39 is 39.5 Å². The van der Waals surface area contributed by atoms with E-state index >= 15 is 0 Å². The lowest BCUT2D eigenvalue weighted by Crippen LogP contribution is -2.34. The number of amides is 1. The number of anilines is 2. The van der Waals surface area contributed by atoms with Gasteiger partial charge in [-0.15, -0.1) is 0 Å². The van der Waals surface area contributed by atoms with Crippen LogP contribution >= 0.6 is 0 Å². The number of alkyl halides is 3. The summed E-state index contributed by atoms with van der Waals surface area (Å²) in [5, 5.41) is 2.73. The highest BCUT2D eigenvalue weighted by atomic mass is 32.2. The van der Waals surface area contributed by atoms with Crippen LogP contribution in [0.1, 0.15) is 54.5 Å². The molecule has 1 amide bonds. The number of carbonyl (C=O) groups excluding carboxylic acids is 1. The number of hydrogen-bond donors (Lipinski definition) is 2. The molecule has 1 unspecified atom stereocenters. The first kappa shape index (κ1) is 26.7. The van der Waals surface area contributed by atoms with Crippen molar-refractivity contribution < 1.29 is 30.8 Å². The summed E-state index contributed by atoms with van der Waals surface area (Å²) < 4.78 is 79.2. The van der Waals surface area contributed by atoms with Crippen LogP contribution in [0, 0.1) is 12.7 Å². The van der Waals surface area contributed by atoms with Gasteiger partial charge in [0.05, 0.1) is 17.9 Å². The molecule has 1 aliphatic rings. The number of aryl methyl sites for hydroxylation is 1. The predicted molar refractivity (Wildman–Crippen MR) is 125 cm³/mol. The van der Waals surface area contributed by atoms with Crippen LogP contribution in [-0.4, -0.2) is 38.7 Å². The molecule has 0 saturated carbocycles. The largest absolute Gasteiger partial charge is 0.433 e. The summed E-state index contributed by atoms with van der Waals surface area (Å²) in [6.45, 7) is 4.23. The molecule has 192 valence electrons. The second kappa shape index (κ2) is 10.4. The van der Waals surface area contributed by atoms with Crippen molar-refractivity contribution in [2.24, 2.45) is 0 Å². The highest BCUT2D eigenvalue weighted by molar-refractivity contribution is 7.92. The molecular formula is C23H28F4N4O3S. The normalized spacial score (nSPS) is 15.6. The van der Waals surface area contributed by atoms with Crippen molar-refractivity contribution in [1.29, 1.82) is 0 Å². The van der Waals surface area contributed by atoms with Gasteiger partial charge < -0.3 is 10.2 Å². The van der Waals surface area contributed by atoms with Gasteiger partial charge in [0.1, 0.15) is 17.3 Å². The molecule has 7 nitrogen and oxygen atoms in total. The Labute approximate surface area is 202 Å². The zero-order valence-electron chi connectivity index (χ0n) is 19.7. The molecule has 1 aromatic heterocycles. The number of carbonyl (C=O) groups is 1. The molecule has 2 N–H and O–H groups in total. The third kappa shape index (κ3) is 6.83. The number of benzene rings is 1. The Morgan fingerprint density at radius 2 is 1.83 bits per heavy atom. The molecule has 2 aromatic rings. The maximum Gasteiger partial charge on any atom is 0.433 e. The lowest BCUT2D eigenvalue weighted by Gasteiger charge is -2.31. The number of nitrogens with zero attached hydrogens (tertiary/aromatic N) is 2. The Kier molecular flexibility index (Phi) is 7.93. The second-order valence-electron chi connectivity index (χ2n) is 8.73. The third-order valence-corrected chi connectivity index (χ3v) is 6.48. The molecule has 1 fully saturated rings. The number of sulfonamides is 1. The summed E-state index contributed by atoms with van der Waals surface area (Å²) in [6.07, 6.45) is -1.02. The highest BCUT2D eigenvalue weighted by Crippen LogP contribution is 2.33. The summed E-state index contributed by atoms with van der Waals surface area (Å²) in [6, 6.07) is 4.71. The SMILES string of the molecule is Cc1cc(C(F)(F)F)nc(N2CCCCC2)c1CNC(=O)C(C)c1ccc(NS(C)(=O)=O)c(F)c1. The summed E-state index contributed by atoms with van der Waals surface area (Å²) in [5.41, 5.74) is -0.0289. The molecule has 0 radical (unpaired) electrons. The van der Waals surface area contributed by atoms with Gasteiger partial charge in [-0.05, 0) is 62.4 Å². The summed E-state index contributed by atoms with van der Waals surface area (Å²) in [4.78, 5) is 18.5. The number of halogens is 4. The Morgan fingerprint density at radius 3 is 2.40 bits per heavy atom. The minimum atomic E-state index is -4.59. The minimum Gasteiger partial charge on any atom is -0.356 e. The van der Waals surface area contributed by atoms with E-state index in [1.807, 2.05) is 4.90 Å². The lowest BCUT2D eigenvalue weighted by molar-refractivity contribution is -0.141. The van der Waals surface area contributed by atoms with Gasteiger partial charge in [0.15, 0.2) is 0 Å². The minimum absolute atomic E-state index is 0.0395. The molecule has 12 heteroatoms. The topological polar surface area (TPSA) is 91.4 Å². The van der Waals surface area contributed by atoms with Crippen LogP contribution in [0.15, 0.2) is 24.3 Å². The van der Waals surface area contributed by atoms with Crippen molar-refractivity contribution in [1.82, 2.24) is 10.3 Å². The van der Waals surface area contributed by atoms with E-state index in [1.165, 1.54) is 12.1 Å². The van der Waals surface area contributed by atoms with Crippen LogP contribution in [-0.2, 0) is 27.5 Å². The van der Waals surface area contributed by atoms with E-state index in [4.69, 9.17) is 0 Å². The Bertz CT molecular complexity index is 1200. The van der Waals surface area contributed by atoms with E-state index in [-0.39, 0.29) is 18.1 Å². The van der Waals surface area contributed by atoms with E-state index in [0.717, 1.165) is 37.7 Å². The Balaban J connectivity index is 1.80. The molecule has 0 aliphatic carbocycles. The molecule has 0 spiro atoms. The monoisotopic (exact) mass is 516 g/mol.